The molecule has 0 spiro atoms. The summed E-state index contributed by atoms with van der Waals surface area (Å²) in [5, 5.41) is 0. The highest BCUT2D eigenvalue weighted by Crippen LogP contribution is 2.37. The van der Waals surface area contributed by atoms with Gasteiger partial charge in [-0.1, -0.05) is 102 Å². The Labute approximate surface area is 192 Å². The van der Waals surface area contributed by atoms with Crippen molar-refractivity contribution >= 4 is 0 Å². The van der Waals surface area contributed by atoms with Gasteiger partial charge in [-0.2, -0.15) is 0 Å². The Bertz CT molecular complexity index is 707. The molecule has 0 aliphatic heterocycles. The molecule has 1 aromatic carbocycles. The first-order valence-electron chi connectivity index (χ1n) is 13.4. The molecule has 0 saturated heterocycles. The van der Waals surface area contributed by atoms with Crippen LogP contribution in [-0.2, 0) is 6.42 Å². The van der Waals surface area contributed by atoms with E-state index in [4.69, 9.17) is 4.98 Å². The third kappa shape index (κ3) is 8.09. The van der Waals surface area contributed by atoms with Gasteiger partial charge in [0.25, 0.3) is 0 Å². The zero-order valence-corrected chi connectivity index (χ0v) is 20.2. The summed E-state index contributed by atoms with van der Waals surface area (Å²) in [6, 6.07) is 13.8. The molecule has 0 N–H and O–H groups in total. The van der Waals surface area contributed by atoms with Crippen LogP contribution in [0.5, 0.6) is 0 Å². The largest absolute Gasteiger partial charge is 0.260 e. The van der Waals surface area contributed by atoms with Gasteiger partial charge in [-0.05, 0) is 61.6 Å². The molecule has 0 amide bonds. The lowest BCUT2D eigenvalue weighted by atomic mass is 9.78. The van der Waals surface area contributed by atoms with Crippen LogP contribution in [0.4, 0.5) is 0 Å². The zero-order chi connectivity index (χ0) is 21.7. The van der Waals surface area contributed by atoms with Crippen LogP contribution in [0.1, 0.15) is 121 Å². The molecule has 1 aliphatic rings. The molecule has 1 aliphatic carbocycles. The molecule has 170 valence electrons. The van der Waals surface area contributed by atoms with Gasteiger partial charge in [-0.25, -0.2) is 0 Å². The van der Waals surface area contributed by atoms with Crippen LogP contribution in [0, 0.1) is 5.92 Å². The summed E-state index contributed by atoms with van der Waals surface area (Å²) in [5.74, 6) is 1.65. The summed E-state index contributed by atoms with van der Waals surface area (Å²) >= 11 is 0. The summed E-state index contributed by atoms with van der Waals surface area (Å²) in [5.41, 5.74) is 5.33. The molecular weight excluding hydrogens is 374 g/mol. The first-order chi connectivity index (χ1) is 15.3. The Balaban J connectivity index is 1.44. The SMILES string of the molecule is CCCCCCCc1ccc(-c2ccc(C3CCC(CCCCCC)CC3)nc2)cc1. The summed E-state index contributed by atoms with van der Waals surface area (Å²) in [7, 11) is 0. The van der Waals surface area contributed by atoms with Gasteiger partial charge in [0, 0.05) is 23.4 Å². The molecule has 1 fully saturated rings. The van der Waals surface area contributed by atoms with Crippen LogP contribution in [0.15, 0.2) is 42.6 Å². The second-order valence-electron chi connectivity index (χ2n) is 9.90. The Kier molecular flexibility index (Phi) is 10.6. The van der Waals surface area contributed by atoms with Crippen molar-refractivity contribution in [3.8, 4) is 11.1 Å². The van der Waals surface area contributed by atoms with E-state index in [0.717, 1.165) is 5.92 Å². The normalized spacial score (nSPS) is 18.9. The van der Waals surface area contributed by atoms with Crippen molar-refractivity contribution in [2.45, 2.75) is 116 Å². The summed E-state index contributed by atoms with van der Waals surface area (Å²) in [6.07, 6.45) is 22.6. The number of aromatic nitrogens is 1. The van der Waals surface area contributed by atoms with E-state index in [9.17, 15) is 0 Å². The fourth-order valence-electron chi connectivity index (χ4n) is 5.22. The Morgan fingerprint density at radius 2 is 1.32 bits per heavy atom. The predicted octanol–water partition coefficient (Wildman–Crippen LogP) is 9.51. The quantitative estimate of drug-likeness (QED) is 0.294. The van der Waals surface area contributed by atoms with E-state index >= 15 is 0 Å². The smallest absolute Gasteiger partial charge is 0.0434 e. The molecule has 0 radical (unpaired) electrons. The van der Waals surface area contributed by atoms with Crippen LogP contribution < -0.4 is 0 Å². The first-order valence-corrected chi connectivity index (χ1v) is 13.4. The van der Waals surface area contributed by atoms with Gasteiger partial charge in [0.15, 0.2) is 0 Å². The van der Waals surface area contributed by atoms with Gasteiger partial charge in [0.2, 0.25) is 0 Å². The number of benzene rings is 1. The van der Waals surface area contributed by atoms with Crippen LogP contribution in [0.2, 0.25) is 0 Å². The van der Waals surface area contributed by atoms with Crippen LogP contribution in [0.25, 0.3) is 11.1 Å². The van der Waals surface area contributed by atoms with Crippen molar-refractivity contribution in [2.24, 2.45) is 5.92 Å². The van der Waals surface area contributed by atoms with Crippen molar-refractivity contribution < 1.29 is 0 Å². The van der Waals surface area contributed by atoms with Crippen molar-refractivity contribution in [1.82, 2.24) is 4.98 Å². The van der Waals surface area contributed by atoms with Gasteiger partial charge in [0.1, 0.15) is 0 Å². The summed E-state index contributed by atoms with van der Waals surface area (Å²) < 4.78 is 0. The number of nitrogens with zero attached hydrogens (tertiary/aromatic N) is 1. The van der Waals surface area contributed by atoms with Gasteiger partial charge in [0.05, 0.1) is 0 Å². The number of rotatable bonds is 13. The van der Waals surface area contributed by atoms with Crippen molar-refractivity contribution in [3.63, 3.8) is 0 Å². The Morgan fingerprint density at radius 3 is 1.97 bits per heavy atom. The highest BCUT2D eigenvalue weighted by Gasteiger charge is 2.22. The summed E-state index contributed by atoms with van der Waals surface area (Å²) in [6.45, 7) is 4.58. The third-order valence-electron chi connectivity index (χ3n) is 7.37. The van der Waals surface area contributed by atoms with Crippen molar-refractivity contribution in [2.75, 3.05) is 0 Å². The molecule has 0 atom stereocenters. The number of hydrogen-bond acceptors (Lipinski definition) is 1. The Morgan fingerprint density at radius 1 is 0.677 bits per heavy atom. The molecule has 31 heavy (non-hydrogen) atoms. The lowest BCUT2D eigenvalue weighted by Crippen LogP contribution is -2.14. The highest BCUT2D eigenvalue weighted by atomic mass is 14.7. The standard InChI is InChI=1S/C30H45N/c1-3-5-7-9-11-13-25-14-18-27(19-15-25)29-22-23-30(31-24-29)28-20-16-26(17-21-28)12-10-8-6-4-2/h14-15,18-19,22-24,26,28H,3-13,16-17,20-21H2,1-2H3. The number of pyridine rings is 1. The number of hydrogen-bond donors (Lipinski definition) is 0. The first kappa shape index (κ1) is 24.0. The monoisotopic (exact) mass is 419 g/mol. The molecular formula is C30H45N. The van der Waals surface area contributed by atoms with E-state index in [1.165, 1.54) is 119 Å². The van der Waals surface area contributed by atoms with Crippen molar-refractivity contribution in [1.29, 1.82) is 0 Å². The Hall–Kier alpha value is -1.63. The molecule has 0 bridgehead atoms. The van der Waals surface area contributed by atoms with E-state index in [1.807, 2.05) is 0 Å². The van der Waals surface area contributed by atoms with Gasteiger partial charge in [-0.15, -0.1) is 0 Å². The van der Waals surface area contributed by atoms with E-state index in [2.05, 4.69) is 56.4 Å². The molecule has 1 saturated carbocycles. The molecule has 3 rings (SSSR count). The second-order valence-corrected chi connectivity index (χ2v) is 9.90. The number of aryl methyl sites for hydroxylation is 1. The average molecular weight is 420 g/mol. The zero-order valence-electron chi connectivity index (χ0n) is 20.2. The van der Waals surface area contributed by atoms with Crippen LogP contribution in [0.3, 0.4) is 0 Å². The fraction of sp³-hybridized carbons (Fsp3) is 0.633. The minimum absolute atomic E-state index is 0.677. The topological polar surface area (TPSA) is 12.9 Å². The summed E-state index contributed by atoms with van der Waals surface area (Å²) in [4.78, 5) is 4.89. The van der Waals surface area contributed by atoms with Gasteiger partial charge in [-0.3, -0.25) is 4.98 Å². The molecule has 1 nitrogen and oxygen atoms in total. The lowest BCUT2D eigenvalue weighted by molar-refractivity contribution is 0.299. The van der Waals surface area contributed by atoms with Gasteiger partial charge < -0.3 is 0 Å². The second kappa shape index (κ2) is 13.7. The van der Waals surface area contributed by atoms with Crippen molar-refractivity contribution in [3.05, 3.63) is 53.9 Å². The van der Waals surface area contributed by atoms with E-state index in [-0.39, 0.29) is 0 Å². The molecule has 1 aromatic heterocycles. The maximum absolute atomic E-state index is 4.89. The molecule has 1 heteroatoms. The van der Waals surface area contributed by atoms with Gasteiger partial charge >= 0.3 is 0 Å². The lowest BCUT2D eigenvalue weighted by Gasteiger charge is -2.28. The van der Waals surface area contributed by atoms with Crippen LogP contribution >= 0.6 is 0 Å². The highest BCUT2D eigenvalue weighted by molar-refractivity contribution is 5.62. The minimum atomic E-state index is 0.677. The maximum atomic E-state index is 4.89. The molecule has 2 aromatic rings. The average Bonchev–Trinajstić information content (AvgIpc) is 2.83. The van der Waals surface area contributed by atoms with E-state index in [0.29, 0.717) is 5.92 Å². The fourth-order valence-corrected chi connectivity index (χ4v) is 5.22. The van der Waals surface area contributed by atoms with Crippen LogP contribution in [-0.4, -0.2) is 4.98 Å². The number of unbranched alkanes of at least 4 members (excludes halogenated alkanes) is 7. The van der Waals surface area contributed by atoms with E-state index < -0.39 is 0 Å². The third-order valence-corrected chi connectivity index (χ3v) is 7.37. The molecule has 1 heterocycles. The molecule has 0 unspecified atom stereocenters. The minimum Gasteiger partial charge on any atom is -0.260 e. The maximum Gasteiger partial charge on any atom is 0.0434 e. The predicted molar refractivity (Wildman–Crippen MR) is 136 cm³/mol. The van der Waals surface area contributed by atoms with E-state index in [1.54, 1.807) is 0 Å².